The Labute approximate surface area is 119 Å². The van der Waals surface area contributed by atoms with Gasteiger partial charge in [-0.1, -0.05) is 15.9 Å². The lowest BCUT2D eigenvalue weighted by molar-refractivity contribution is 0.0690. The van der Waals surface area contributed by atoms with Gasteiger partial charge in [-0.15, -0.1) is 0 Å². The lowest BCUT2D eigenvalue weighted by Gasteiger charge is -2.13. The van der Waals surface area contributed by atoms with Crippen LogP contribution in [0.25, 0.3) is 0 Å². The number of rotatable bonds is 3. The summed E-state index contributed by atoms with van der Waals surface area (Å²) in [5, 5.41) is 12.1. The number of aromatic nitrogens is 1. The van der Waals surface area contributed by atoms with E-state index in [0.717, 1.165) is 27.0 Å². The molecule has 0 aliphatic rings. The van der Waals surface area contributed by atoms with Gasteiger partial charge in [-0.3, -0.25) is 0 Å². The predicted molar refractivity (Wildman–Crippen MR) is 78.1 cm³/mol. The van der Waals surface area contributed by atoms with Gasteiger partial charge in [0.2, 0.25) is 0 Å². The highest BCUT2D eigenvalue weighted by molar-refractivity contribution is 9.10. The van der Waals surface area contributed by atoms with E-state index in [1.54, 1.807) is 6.07 Å². The van der Waals surface area contributed by atoms with E-state index in [1.165, 1.54) is 12.3 Å². The van der Waals surface area contributed by atoms with Crippen molar-refractivity contribution in [3.05, 3.63) is 51.8 Å². The quantitative estimate of drug-likeness (QED) is 0.900. The van der Waals surface area contributed by atoms with Gasteiger partial charge in [0.1, 0.15) is 5.69 Å². The van der Waals surface area contributed by atoms with E-state index in [1.807, 2.05) is 26.0 Å². The van der Waals surface area contributed by atoms with Crippen molar-refractivity contribution >= 4 is 33.3 Å². The van der Waals surface area contributed by atoms with Gasteiger partial charge in [0.25, 0.3) is 0 Å². The van der Waals surface area contributed by atoms with E-state index in [0.29, 0.717) is 0 Å². The van der Waals surface area contributed by atoms with Crippen LogP contribution >= 0.6 is 15.9 Å². The smallest absolute Gasteiger partial charge is 0.354 e. The minimum absolute atomic E-state index is 0.0369. The summed E-state index contributed by atoms with van der Waals surface area (Å²) in [7, 11) is 0. The standard InChI is InChI=1S/C14H13BrN2O2/c1-8-5-10(15)6-9(2)13(8)17-11-3-4-12(14(18)19)16-7-11/h3-7,17H,1-2H3,(H,18,19). The number of carboxylic acids is 1. The molecule has 4 nitrogen and oxygen atoms in total. The highest BCUT2D eigenvalue weighted by Gasteiger charge is 2.07. The third-order valence-electron chi connectivity index (χ3n) is 2.75. The first-order chi connectivity index (χ1) is 8.97. The molecule has 0 saturated carbocycles. The van der Waals surface area contributed by atoms with Crippen LogP contribution in [0.5, 0.6) is 0 Å². The second kappa shape index (κ2) is 5.40. The number of halogens is 1. The van der Waals surface area contributed by atoms with Crippen molar-refractivity contribution in [2.45, 2.75) is 13.8 Å². The fourth-order valence-electron chi connectivity index (χ4n) is 1.85. The Morgan fingerprint density at radius 2 is 1.89 bits per heavy atom. The Hall–Kier alpha value is -1.88. The SMILES string of the molecule is Cc1cc(Br)cc(C)c1Nc1ccc(C(=O)O)nc1. The molecule has 0 saturated heterocycles. The molecule has 2 N–H and O–H groups in total. The fraction of sp³-hybridized carbons (Fsp3) is 0.143. The summed E-state index contributed by atoms with van der Waals surface area (Å²) >= 11 is 3.45. The average Bonchev–Trinajstić information content (AvgIpc) is 2.34. The van der Waals surface area contributed by atoms with Crippen LogP contribution in [0.3, 0.4) is 0 Å². The van der Waals surface area contributed by atoms with Gasteiger partial charge in [-0.05, 0) is 49.2 Å². The molecule has 0 bridgehead atoms. The number of pyridine rings is 1. The summed E-state index contributed by atoms with van der Waals surface area (Å²) in [6.45, 7) is 4.03. The zero-order chi connectivity index (χ0) is 14.0. The van der Waals surface area contributed by atoms with E-state index < -0.39 is 5.97 Å². The number of hydrogen-bond donors (Lipinski definition) is 2. The van der Waals surface area contributed by atoms with Crippen LogP contribution in [-0.2, 0) is 0 Å². The molecule has 0 aliphatic carbocycles. The van der Waals surface area contributed by atoms with Crippen molar-refractivity contribution < 1.29 is 9.90 Å². The summed E-state index contributed by atoms with van der Waals surface area (Å²) in [5.41, 5.74) is 4.02. The first-order valence-electron chi connectivity index (χ1n) is 5.70. The van der Waals surface area contributed by atoms with Crippen LogP contribution in [0, 0.1) is 13.8 Å². The number of anilines is 2. The largest absolute Gasteiger partial charge is 0.477 e. The van der Waals surface area contributed by atoms with Crippen molar-refractivity contribution in [3.63, 3.8) is 0 Å². The normalized spacial score (nSPS) is 10.3. The molecule has 0 radical (unpaired) electrons. The molecule has 0 fully saturated rings. The first-order valence-corrected chi connectivity index (χ1v) is 6.50. The van der Waals surface area contributed by atoms with Gasteiger partial charge in [-0.2, -0.15) is 0 Å². The molecule has 2 aromatic rings. The maximum Gasteiger partial charge on any atom is 0.354 e. The van der Waals surface area contributed by atoms with E-state index in [2.05, 4.69) is 26.2 Å². The molecule has 19 heavy (non-hydrogen) atoms. The van der Waals surface area contributed by atoms with E-state index in [-0.39, 0.29) is 5.69 Å². The Kier molecular flexibility index (Phi) is 3.85. The second-order valence-electron chi connectivity index (χ2n) is 4.28. The summed E-state index contributed by atoms with van der Waals surface area (Å²) < 4.78 is 1.03. The van der Waals surface area contributed by atoms with Crippen molar-refractivity contribution in [1.82, 2.24) is 4.98 Å². The van der Waals surface area contributed by atoms with Crippen LogP contribution < -0.4 is 5.32 Å². The number of benzene rings is 1. The lowest BCUT2D eigenvalue weighted by atomic mass is 10.1. The molecule has 5 heteroatoms. The molecule has 2 rings (SSSR count). The Morgan fingerprint density at radius 1 is 1.26 bits per heavy atom. The van der Waals surface area contributed by atoms with Crippen LogP contribution in [0.15, 0.2) is 34.9 Å². The summed E-state index contributed by atoms with van der Waals surface area (Å²) in [5.74, 6) is -1.03. The fourth-order valence-corrected chi connectivity index (χ4v) is 2.53. The van der Waals surface area contributed by atoms with E-state index >= 15 is 0 Å². The molecule has 0 aliphatic heterocycles. The van der Waals surface area contributed by atoms with Gasteiger partial charge < -0.3 is 10.4 Å². The molecule has 0 amide bonds. The average molecular weight is 321 g/mol. The Bertz CT molecular complexity index is 601. The van der Waals surface area contributed by atoms with E-state index in [9.17, 15) is 4.79 Å². The summed E-state index contributed by atoms with van der Waals surface area (Å²) in [4.78, 5) is 14.6. The monoisotopic (exact) mass is 320 g/mol. The Balaban J connectivity index is 2.29. The molecule has 0 spiro atoms. The number of nitrogens with zero attached hydrogens (tertiary/aromatic N) is 1. The molecular formula is C14H13BrN2O2. The maximum atomic E-state index is 10.7. The van der Waals surface area contributed by atoms with Crippen LogP contribution in [0.1, 0.15) is 21.6 Å². The molecule has 0 atom stereocenters. The lowest BCUT2D eigenvalue weighted by Crippen LogP contribution is -2.01. The number of carbonyl (C=O) groups is 1. The summed E-state index contributed by atoms with van der Waals surface area (Å²) in [6.07, 6.45) is 1.52. The van der Waals surface area contributed by atoms with Crippen molar-refractivity contribution in [2.24, 2.45) is 0 Å². The number of nitrogens with one attached hydrogen (secondary N) is 1. The third-order valence-corrected chi connectivity index (χ3v) is 3.21. The van der Waals surface area contributed by atoms with Gasteiger partial charge >= 0.3 is 5.97 Å². The number of hydrogen-bond acceptors (Lipinski definition) is 3. The van der Waals surface area contributed by atoms with Crippen LogP contribution in [0.4, 0.5) is 11.4 Å². The maximum absolute atomic E-state index is 10.7. The molecule has 98 valence electrons. The van der Waals surface area contributed by atoms with Crippen molar-refractivity contribution in [2.75, 3.05) is 5.32 Å². The topological polar surface area (TPSA) is 62.2 Å². The molecule has 1 aromatic carbocycles. The molecule has 1 aromatic heterocycles. The second-order valence-corrected chi connectivity index (χ2v) is 5.19. The first kappa shape index (κ1) is 13.5. The highest BCUT2D eigenvalue weighted by atomic mass is 79.9. The third kappa shape index (κ3) is 3.12. The predicted octanol–water partition coefficient (Wildman–Crippen LogP) is 3.90. The van der Waals surface area contributed by atoms with Crippen molar-refractivity contribution in [3.8, 4) is 0 Å². The molecule has 1 heterocycles. The minimum Gasteiger partial charge on any atom is -0.477 e. The number of carboxylic acid groups (broad SMARTS) is 1. The van der Waals surface area contributed by atoms with Crippen LogP contribution in [0.2, 0.25) is 0 Å². The highest BCUT2D eigenvalue weighted by Crippen LogP contribution is 2.27. The minimum atomic E-state index is -1.03. The van der Waals surface area contributed by atoms with Gasteiger partial charge in [0, 0.05) is 10.2 Å². The zero-order valence-electron chi connectivity index (χ0n) is 10.6. The van der Waals surface area contributed by atoms with Gasteiger partial charge in [0.05, 0.1) is 11.9 Å². The zero-order valence-corrected chi connectivity index (χ0v) is 12.2. The molecular weight excluding hydrogens is 308 g/mol. The molecule has 0 unspecified atom stereocenters. The van der Waals surface area contributed by atoms with Gasteiger partial charge in [0.15, 0.2) is 0 Å². The number of aromatic carboxylic acids is 1. The van der Waals surface area contributed by atoms with E-state index in [4.69, 9.17) is 5.11 Å². The van der Waals surface area contributed by atoms with Crippen molar-refractivity contribution in [1.29, 1.82) is 0 Å². The summed E-state index contributed by atoms with van der Waals surface area (Å²) in [6, 6.07) is 7.23. The Morgan fingerprint density at radius 3 is 2.37 bits per heavy atom. The van der Waals surface area contributed by atoms with Gasteiger partial charge in [-0.25, -0.2) is 9.78 Å². The number of aryl methyl sites for hydroxylation is 2. The van der Waals surface area contributed by atoms with Crippen LogP contribution in [-0.4, -0.2) is 16.1 Å².